The number of nitrogens with zero attached hydrogens (tertiary/aromatic N) is 5. The molecule has 1 aliphatic heterocycles. The topological polar surface area (TPSA) is 60.9 Å². The normalized spacial score (nSPS) is 17.5. The molecule has 2 aromatic heterocycles. The lowest BCUT2D eigenvalue weighted by Crippen LogP contribution is -2.47. The van der Waals surface area contributed by atoms with Crippen LogP contribution in [0.5, 0.6) is 0 Å². The zero-order valence-corrected chi connectivity index (χ0v) is 11.5. The monoisotopic (exact) mass is 260 g/mol. The zero-order chi connectivity index (χ0) is 13.2. The predicted molar refractivity (Wildman–Crippen MR) is 75.2 cm³/mol. The molecule has 3 heterocycles. The molecule has 0 aliphatic carbocycles. The second-order valence-corrected chi connectivity index (χ2v) is 5.51. The Bertz CT molecular complexity index is 541. The molecule has 0 aromatic carbocycles. The Morgan fingerprint density at radius 1 is 1.21 bits per heavy atom. The Hall–Kier alpha value is -1.69. The average Bonchev–Trinajstić information content (AvgIpc) is 2.87. The maximum Gasteiger partial charge on any atom is 0.160 e. The molecule has 3 rings (SSSR count). The number of rotatable bonds is 3. The van der Waals surface area contributed by atoms with Gasteiger partial charge in [0.1, 0.15) is 12.1 Å². The first-order chi connectivity index (χ1) is 9.24. The Balaban J connectivity index is 1.73. The second-order valence-electron chi connectivity index (χ2n) is 5.51. The summed E-state index contributed by atoms with van der Waals surface area (Å²) in [5.74, 6) is 1.73. The molecule has 102 valence electrons. The van der Waals surface area contributed by atoms with Gasteiger partial charge in [-0.15, -0.1) is 0 Å². The van der Waals surface area contributed by atoms with Crippen LogP contribution in [0.4, 0.5) is 5.82 Å². The van der Waals surface area contributed by atoms with Crippen molar-refractivity contribution in [3.8, 4) is 0 Å². The largest absolute Gasteiger partial charge is 0.353 e. The molecule has 1 N–H and O–H groups in total. The smallest absolute Gasteiger partial charge is 0.160 e. The van der Waals surface area contributed by atoms with Crippen LogP contribution in [0.2, 0.25) is 0 Å². The summed E-state index contributed by atoms with van der Waals surface area (Å²) in [6, 6.07) is 0. The highest BCUT2D eigenvalue weighted by Gasteiger charge is 2.20. The third-order valence-electron chi connectivity index (χ3n) is 3.52. The van der Waals surface area contributed by atoms with Crippen LogP contribution in [-0.2, 0) is 0 Å². The molecule has 0 bridgehead atoms. The number of piperazine rings is 1. The van der Waals surface area contributed by atoms with Crippen LogP contribution >= 0.6 is 0 Å². The predicted octanol–water partition coefficient (Wildman–Crippen LogP) is 1.13. The van der Waals surface area contributed by atoms with Crippen LogP contribution in [0.1, 0.15) is 13.8 Å². The molecule has 0 atom stereocenters. The van der Waals surface area contributed by atoms with E-state index in [0.717, 1.165) is 48.9 Å². The van der Waals surface area contributed by atoms with Crippen molar-refractivity contribution in [3.05, 3.63) is 12.5 Å². The number of fused-ring (bicyclic) bond motifs is 1. The van der Waals surface area contributed by atoms with E-state index in [4.69, 9.17) is 0 Å². The Labute approximate surface area is 112 Å². The van der Waals surface area contributed by atoms with E-state index >= 15 is 0 Å². The summed E-state index contributed by atoms with van der Waals surface area (Å²) in [5.41, 5.74) is 0.814. The highest BCUT2D eigenvalue weighted by Crippen LogP contribution is 2.22. The van der Waals surface area contributed by atoms with E-state index in [2.05, 4.69) is 43.8 Å². The summed E-state index contributed by atoms with van der Waals surface area (Å²) in [6.07, 6.45) is 3.42. The van der Waals surface area contributed by atoms with E-state index in [1.165, 1.54) is 6.54 Å². The van der Waals surface area contributed by atoms with Gasteiger partial charge in [-0.2, -0.15) is 5.10 Å². The van der Waals surface area contributed by atoms with Crippen molar-refractivity contribution in [1.29, 1.82) is 0 Å². The molecule has 2 aromatic rings. The Morgan fingerprint density at radius 2 is 2.00 bits per heavy atom. The van der Waals surface area contributed by atoms with E-state index in [1.54, 1.807) is 6.33 Å². The molecule has 0 amide bonds. The van der Waals surface area contributed by atoms with Crippen molar-refractivity contribution < 1.29 is 0 Å². The third kappa shape index (κ3) is 2.53. The molecule has 0 saturated carbocycles. The van der Waals surface area contributed by atoms with E-state index in [1.807, 2.05) is 6.20 Å². The van der Waals surface area contributed by atoms with Crippen molar-refractivity contribution in [2.75, 3.05) is 37.6 Å². The first-order valence-electron chi connectivity index (χ1n) is 6.85. The highest BCUT2D eigenvalue weighted by molar-refractivity contribution is 5.86. The third-order valence-corrected chi connectivity index (χ3v) is 3.52. The molecule has 0 spiro atoms. The van der Waals surface area contributed by atoms with E-state index < -0.39 is 0 Å². The maximum absolute atomic E-state index is 4.43. The molecule has 0 unspecified atom stereocenters. The summed E-state index contributed by atoms with van der Waals surface area (Å²) >= 11 is 0. The summed E-state index contributed by atoms with van der Waals surface area (Å²) in [6.45, 7) is 9.95. The summed E-state index contributed by atoms with van der Waals surface area (Å²) in [5, 5.41) is 7.96. The number of anilines is 1. The summed E-state index contributed by atoms with van der Waals surface area (Å²) in [4.78, 5) is 13.5. The average molecular weight is 260 g/mol. The van der Waals surface area contributed by atoms with Crippen LogP contribution in [0.3, 0.4) is 0 Å². The Kier molecular flexibility index (Phi) is 3.33. The van der Waals surface area contributed by atoms with Gasteiger partial charge in [0.15, 0.2) is 5.65 Å². The second kappa shape index (κ2) is 5.13. The molecule has 6 nitrogen and oxygen atoms in total. The fourth-order valence-electron chi connectivity index (χ4n) is 2.66. The lowest BCUT2D eigenvalue weighted by molar-refractivity contribution is 0.231. The highest BCUT2D eigenvalue weighted by atomic mass is 15.3. The molecular formula is C13H20N6. The fourth-order valence-corrected chi connectivity index (χ4v) is 2.66. The quantitative estimate of drug-likeness (QED) is 0.896. The van der Waals surface area contributed by atoms with Crippen LogP contribution in [0.25, 0.3) is 11.0 Å². The number of H-pyrrole nitrogens is 1. The summed E-state index contributed by atoms with van der Waals surface area (Å²) in [7, 11) is 0. The molecule has 0 radical (unpaired) electrons. The standard InChI is InChI=1S/C13H20N6/c1-10(2)8-18-3-5-19(6-4-18)13-11-7-16-17-12(11)14-9-15-13/h7,9-10H,3-6,8H2,1-2H3,(H,14,15,16,17). The first kappa shape index (κ1) is 12.3. The van der Waals surface area contributed by atoms with Gasteiger partial charge in [-0.3, -0.25) is 10.00 Å². The van der Waals surface area contributed by atoms with Crippen molar-refractivity contribution in [2.45, 2.75) is 13.8 Å². The number of hydrogen-bond donors (Lipinski definition) is 1. The van der Waals surface area contributed by atoms with Crippen LogP contribution in [-0.4, -0.2) is 57.8 Å². The minimum Gasteiger partial charge on any atom is -0.353 e. The van der Waals surface area contributed by atoms with Gasteiger partial charge in [0, 0.05) is 32.7 Å². The maximum atomic E-state index is 4.43. The molecule has 6 heteroatoms. The van der Waals surface area contributed by atoms with Gasteiger partial charge < -0.3 is 4.90 Å². The lowest BCUT2D eigenvalue weighted by Gasteiger charge is -2.36. The molecule has 1 saturated heterocycles. The molecule has 19 heavy (non-hydrogen) atoms. The Morgan fingerprint density at radius 3 is 2.74 bits per heavy atom. The van der Waals surface area contributed by atoms with Gasteiger partial charge in [0.05, 0.1) is 11.6 Å². The number of aromatic amines is 1. The summed E-state index contributed by atoms with van der Waals surface area (Å²) < 4.78 is 0. The number of aromatic nitrogens is 4. The van der Waals surface area contributed by atoms with Crippen molar-refractivity contribution in [3.63, 3.8) is 0 Å². The minimum atomic E-state index is 0.728. The zero-order valence-electron chi connectivity index (χ0n) is 11.5. The van der Waals surface area contributed by atoms with Crippen molar-refractivity contribution in [2.24, 2.45) is 5.92 Å². The van der Waals surface area contributed by atoms with Crippen LogP contribution in [0, 0.1) is 5.92 Å². The van der Waals surface area contributed by atoms with E-state index in [9.17, 15) is 0 Å². The van der Waals surface area contributed by atoms with Crippen molar-refractivity contribution >= 4 is 16.9 Å². The fraction of sp³-hybridized carbons (Fsp3) is 0.615. The van der Waals surface area contributed by atoms with Crippen LogP contribution < -0.4 is 4.90 Å². The molecule has 1 fully saturated rings. The number of nitrogens with one attached hydrogen (secondary N) is 1. The van der Waals surface area contributed by atoms with Gasteiger partial charge in [-0.25, -0.2) is 9.97 Å². The van der Waals surface area contributed by atoms with Gasteiger partial charge in [0.2, 0.25) is 0 Å². The minimum absolute atomic E-state index is 0.728. The van der Waals surface area contributed by atoms with Gasteiger partial charge in [-0.1, -0.05) is 13.8 Å². The number of hydrogen-bond acceptors (Lipinski definition) is 5. The van der Waals surface area contributed by atoms with Crippen LogP contribution in [0.15, 0.2) is 12.5 Å². The van der Waals surface area contributed by atoms with Gasteiger partial charge in [0.25, 0.3) is 0 Å². The lowest BCUT2D eigenvalue weighted by atomic mass is 10.2. The molecule has 1 aliphatic rings. The van der Waals surface area contributed by atoms with Crippen molar-refractivity contribution in [1.82, 2.24) is 25.1 Å². The SMILES string of the molecule is CC(C)CN1CCN(c2ncnc3[nH]ncc23)CC1. The van der Waals surface area contributed by atoms with Gasteiger partial charge in [-0.05, 0) is 5.92 Å². The molecular weight excluding hydrogens is 240 g/mol. The van der Waals surface area contributed by atoms with E-state index in [0.29, 0.717) is 0 Å². The van der Waals surface area contributed by atoms with Gasteiger partial charge >= 0.3 is 0 Å². The first-order valence-corrected chi connectivity index (χ1v) is 6.85. The van der Waals surface area contributed by atoms with E-state index in [-0.39, 0.29) is 0 Å².